The Kier molecular flexibility index (Phi) is 26.2. The first-order chi connectivity index (χ1) is 2.00. The van der Waals surface area contributed by atoms with Crippen LogP contribution in [0.15, 0.2) is 0 Å². The van der Waals surface area contributed by atoms with E-state index in [9.17, 15) is 0 Å². The van der Waals surface area contributed by atoms with Crippen LogP contribution in [0.4, 0.5) is 0 Å². The Labute approximate surface area is 95.8 Å². The minimum Gasteiger partial charge on any atom is 0 e. The van der Waals surface area contributed by atoms with Crippen molar-refractivity contribution in [2.45, 2.75) is 0 Å². The van der Waals surface area contributed by atoms with Crippen LogP contribution < -0.4 is 0 Å². The fourth-order valence-electron chi connectivity index (χ4n) is 0. The van der Waals surface area contributed by atoms with Gasteiger partial charge in [0, 0.05) is 44.8 Å². The molecule has 0 spiro atoms. The molecule has 0 unspecified atom stereocenters. The van der Waals surface area contributed by atoms with Gasteiger partial charge in [-0.15, -0.1) is 0 Å². The molecule has 3 radical (unpaired) electrons. The van der Waals surface area contributed by atoms with E-state index < -0.39 is 9.05 Å². The van der Waals surface area contributed by atoms with Crippen molar-refractivity contribution in [2.75, 3.05) is 0 Å². The average Bonchev–Trinajstić information content (AvgIpc) is 0.722. The quantitative estimate of drug-likeness (QED) is 0.338. The molecule has 0 saturated heterocycles. The van der Waals surface area contributed by atoms with Gasteiger partial charge in [-0.25, -0.2) is 0 Å². The summed E-state index contributed by atoms with van der Waals surface area (Å²) < 4.78 is 0. The topological polar surface area (TPSA) is 80.9 Å². The van der Waals surface area contributed by atoms with Gasteiger partial charge in [-0.3, -0.25) is 0 Å². The summed E-state index contributed by atoms with van der Waals surface area (Å²) >= 11 is 0. The van der Waals surface area contributed by atoms with Crippen molar-refractivity contribution in [3.63, 3.8) is 0 Å². The summed E-state index contributed by atoms with van der Waals surface area (Å²) in [7, 11) is -4.61. The summed E-state index contributed by atoms with van der Waals surface area (Å²) in [5, 5.41) is 0. The molecule has 0 atom stereocenters. The van der Waals surface area contributed by atoms with Gasteiger partial charge < -0.3 is 19.2 Å². The largest absolute Gasteiger partial charge is 0 e. The van der Waals surface area contributed by atoms with Crippen molar-refractivity contribution >= 4 is 33.0 Å². The third-order valence-electron chi connectivity index (χ3n) is 0. The zero-order chi connectivity index (χ0) is 4.50. The molecule has 0 aromatic carbocycles. The Morgan fingerprint density at radius 3 is 0.875 bits per heavy atom. The van der Waals surface area contributed by atoms with Gasteiger partial charge in [-0.1, -0.05) is 0 Å². The van der Waals surface area contributed by atoms with E-state index in [1.54, 1.807) is 0 Å². The van der Waals surface area contributed by atoms with Crippen molar-refractivity contribution in [1.29, 1.82) is 0 Å². The van der Waals surface area contributed by atoms with Gasteiger partial charge >= 0.3 is 33.0 Å². The van der Waals surface area contributed by atoms with E-state index in [0.717, 1.165) is 0 Å². The summed E-state index contributed by atoms with van der Waals surface area (Å²) in [4.78, 5) is 29.3. The van der Waals surface area contributed by atoms with Crippen LogP contribution in [0.1, 0.15) is 0 Å². The van der Waals surface area contributed by atoms with E-state index in [0.29, 0.717) is 0 Å². The second-order valence-corrected chi connectivity index (χ2v) is 1.80. The molecule has 0 saturated carbocycles. The third-order valence-corrected chi connectivity index (χ3v) is 0. The van der Waals surface area contributed by atoms with Crippen molar-refractivity contribution in [1.82, 2.24) is 0 Å². The molecule has 0 aliphatic rings. The molecule has 47 valence electrons. The summed E-state index contributed by atoms with van der Waals surface area (Å²) in [6, 6.07) is 0. The molecule has 0 bridgehead atoms. The number of hydrogen-bond acceptors (Lipinski definition) is 4. The van der Waals surface area contributed by atoms with E-state index in [1.165, 1.54) is 0 Å². The van der Waals surface area contributed by atoms with Crippen LogP contribution >= 0.6 is 0 Å². The molecule has 0 aromatic heterocycles. The average molecular weight is 359 g/mol. The standard InChI is InChI=1S/H4O4Si.Sn.V.Zr.2H/c1-5(2,3)4;;;;;/h1-4H;;;;;. The molecule has 0 amide bonds. The van der Waals surface area contributed by atoms with E-state index in [1.807, 2.05) is 0 Å². The molecule has 4 nitrogen and oxygen atoms in total. The number of rotatable bonds is 0. The van der Waals surface area contributed by atoms with E-state index in [2.05, 4.69) is 0 Å². The van der Waals surface area contributed by atoms with Gasteiger partial charge in [-0.2, -0.15) is 0 Å². The number of hydrogen-bond donors (Lipinski definition) is 4. The molecule has 0 fully saturated rings. The molecule has 0 aromatic rings. The smallest absolute Gasteiger partial charge is 0 e. The summed E-state index contributed by atoms with van der Waals surface area (Å²) in [5.41, 5.74) is 0. The van der Waals surface area contributed by atoms with E-state index in [-0.39, 0.29) is 68.7 Å². The monoisotopic (exact) mass is 359 g/mol. The fourth-order valence-corrected chi connectivity index (χ4v) is 0. The van der Waals surface area contributed by atoms with Crippen molar-refractivity contribution in [2.24, 2.45) is 0 Å². The Hall–Kier alpha value is 2.32. The minimum atomic E-state index is -4.61. The van der Waals surface area contributed by atoms with Gasteiger partial charge in [0.25, 0.3) is 0 Å². The molecule has 8 heavy (non-hydrogen) atoms. The van der Waals surface area contributed by atoms with Gasteiger partial charge in [0.05, 0.1) is 0 Å². The Balaban J connectivity index is -0.0000000267. The van der Waals surface area contributed by atoms with Gasteiger partial charge in [0.15, 0.2) is 0 Å². The van der Waals surface area contributed by atoms with Crippen LogP contribution in [-0.4, -0.2) is 52.1 Å². The Morgan fingerprint density at radius 2 is 0.875 bits per heavy atom. The van der Waals surface area contributed by atoms with E-state index >= 15 is 0 Å². The first-order valence-corrected chi connectivity index (χ1v) is 2.68. The molecule has 0 aliphatic heterocycles. The normalized spacial score (nSPS) is 7.50. The van der Waals surface area contributed by atoms with Crippen LogP contribution in [0.2, 0.25) is 0 Å². The summed E-state index contributed by atoms with van der Waals surface area (Å²) in [6.45, 7) is 0. The van der Waals surface area contributed by atoms with Crippen molar-refractivity contribution < 1.29 is 63.9 Å². The molecule has 0 aliphatic carbocycles. The molecular formula is H6O4SiSnVZr. The van der Waals surface area contributed by atoms with Crippen molar-refractivity contribution in [3.8, 4) is 0 Å². The Morgan fingerprint density at radius 1 is 0.875 bits per heavy atom. The Bertz CT molecular complexity index is 31.5. The predicted octanol–water partition coefficient (Wildman–Crippen LogP) is -3.53. The summed E-state index contributed by atoms with van der Waals surface area (Å²) in [5.74, 6) is 0. The SMILES string of the molecule is O[Si](O)(O)O.[SnH2].[V].[Zr]. The molecule has 4 N–H and O–H groups in total. The first-order valence-electron chi connectivity index (χ1n) is 0.894. The zero-order valence-electron chi connectivity index (χ0n) is 3.94. The molecule has 0 rings (SSSR count). The maximum atomic E-state index is 7.33. The van der Waals surface area contributed by atoms with Crippen LogP contribution in [0, 0.1) is 0 Å². The maximum Gasteiger partial charge on any atom is 0 e. The zero-order valence-corrected chi connectivity index (χ0v) is 12.8. The van der Waals surface area contributed by atoms with Gasteiger partial charge in [-0.05, 0) is 0 Å². The molecule has 8 heteroatoms. The second-order valence-electron chi connectivity index (χ2n) is 0.600. The third kappa shape index (κ3) is 82.7. The molecular weight excluding hydrogens is 353 g/mol. The second kappa shape index (κ2) is 9.32. The minimum absolute atomic E-state index is 0. The van der Waals surface area contributed by atoms with E-state index in [4.69, 9.17) is 19.2 Å². The van der Waals surface area contributed by atoms with Crippen LogP contribution in [0.3, 0.4) is 0 Å². The van der Waals surface area contributed by atoms with Crippen LogP contribution in [-0.2, 0) is 44.8 Å². The van der Waals surface area contributed by atoms with Crippen LogP contribution in [0.5, 0.6) is 0 Å². The maximum absolute atomic E-state index is 7.33. The predicted molar refractivity (Wildman–Crippen MR) is 23.2 cm³/mol. The van der Waals surface area contributed by atoms with Crippen LogP contribution in [0.25, 0.3) is 0 Å². The molecule has 0 heterocycles. The fraction of sp³-hybridized carbons (Fsp3) is 0. The van der Waals surface area contributed by atoms with Crippen molar-refractivity contribution in [3.05, 3.63) is 0 Å². The van der Waals surface area contributed by atoms with Gasteiger partial charge in [0.1, 0.15) is 0 Å². The summed E-state index contributed by atoms with van der Waals surface area (Å²) in [6.07, 6.45) is 0. The first kappa shape index (κ1) is 22.4. The van der Waals surface area contributed by atoms with Gasteiger partial charge in [0.2, 0.25) is 0 Å².